The monoisotopic (exact) mass is 431 g/mol. The van der Waals surface area contributed by atoms with Crippen LogP contribution in [0.15, 0.2) is 35.1 Å². The van der Waals surface area contributed by atoms with Crippen LogP contribution in [0.2, 0.25) is 5.02 Å². The van der Waals surface area contributed by atoms with Gasteiger partial charge in [-0.3, -0.25) is 9.59 Å². The molecule has 0 saturated carbocycles. The first-order valence-corrected chi connectivity index (χ1v) is 10.9. The Morgan fingerprint density at radius 1 is 1.34 bits per heavy atom. The Balaban J connectivity index is 1.56. The van der Waals surface area contributed by atoms with Crippen molar-refractivity contribution in [1.29, 1.82) is 0 Å². The lowest BCUT2D eigenvalue weighted by molar-refractivity contribution is -0.122. The van der Waals surface area contributed by atoms with E-state index in [1.54, 1.807) is 0 Å². The zero-order chi connectivity index (χ0) is 20.4. The number of nitrogens with one attached hydrogen (secondary N) is 1. The molecular formula is C20H22ClN5O2S. The number of aryl methyl sites for hydroxylation is 1. The lowest BCUT2D eigenvalue weighted by Crippen LogP contribution is -2.43. The average molecular weight is 432 g/mol. The van der Waals surface area contributed by atoms with Gasteiger partial charge in [-0.05, 0) is 24.8 Å². The fourth-order valence-corrected chi connectivity index (χ4v) is 4.75. The van der Waals surface area contributed by atoms with Gasteiger partial charge in [-0.15, -0.1) is 5.10 Å². The van der Waals surface area contributed by atoms with Crippen LogP contribution in [0.5, 0.6) is 0 Å². The van der Waals surface area contributed by atoms with Gasteiger partial charge in [0.05, 0.1) is 5.69 Å². The summed E-state index contributed by atoms with van der Waals surface area (Å²) in [6.07, 6.45) is 3.14. The number of benzene rings is 1. The minimum atomic E-state index is -0.355. The lowest BCUT2D eigenvalue weighted by Gasteiger charge is -2.22. The fourth-order valence-electron chi connectivity index (χ4n) is 3.55. The van der Waals surface area contributed by atoms with Gasteiger partial charge in [-0.25, -0.2) is 4.98 Å². The molecule has 9 heteroatoms. The third-order valence-electron chi connectivity index (χ3n) is 5.01. The van der Waals surface area contributed by atoms with Crippen LogP contribution in [0.3, 0.4) is 0 Å². The van der Waals surface area contributed by atoms with Crippen molar-refractivity contribution in [3.63, 3.8) is 0 Å². The molecule has 1 unspecified atom stereocenters. The molecule has 0 radical (unpaired) electrons. The largest absolute Gasteiger partial charge is 0.350 e. The molecule has 1 aliphatic heterocycles. The number of halogens is 1. The van der Waals surface area contributed by atoms with E-state index < -0.39 is 0 Å². The van der Waals surface area contributed by atoms with E-state index in [1.807, 2.05) is 42.2 Å². The first-order chi connectivity index (χ1) is 14.1. The van der Waals surface area contributed by atoms with Crippen molar-refractivity contribution in [2.24, 2.45) is 0 Å². The normalized spacial score (nSPS) is 16.5. The van der Waals surface area contributed by atoms with Crippen LogP contribution < -0.4 is 15.8 Å². The van der Waals surface area contributed by atoms with Crippen LogP contribution in [-0.2, 0) is 17.8 Å². The molecule has 1 aliphatic rings. The van der Waals surface area contributed by atoms with Gasteiger partial charge < -0.3 is 10.2 Å². The van der Waals surface area contributed by atoms with Gasteiger partial charge in [0.1, 0.15) is 11.1 Å². The van der Waals surface area contributed by atoms with E-state index in [1.165, 1.54) is 15.9 Å². The number of anilines is 1. The van der Waals surface area contributed by atoms with Crippen molar-refractivity contribution in [2.75, 3.05) is 11.4 Å². The average Bonchev–Trinajstić information content (AvgIpc) is 3.38. The molecule has 3 aromatic rings. The molecule has 1 saturated heterocycles. The van der Waals surface area contributed by atoms with Crippen LogP contribution in [-0.4, -0.2) is 33.1 Å². The number of hydrogen-bond acceptors (Lipinski definition) is 6. The molecule has 1 amide bonds. The SMILES string of the molecule is CCCc1nc2sc(N3CCCC3C(=O)NCc3ccccc3)nn2c(=O)c1Cl. The van der Waals surface area contributed by atoms with Gasteiger partial charge in [0.2, 0.25) is 16.0 Å². The second-order valence-electron chi connectivity index (χ2n) is 7.06. The Hall–Kier alpha value is -2.45. The number of rotatable bonds is 6. The van der Waals surface area contributed by atoms with E-state index in [0.29, 0.717) is 35.3 Å². The summed E-state index contributed by atoms with van der Waals surface area (Å²) in [7, 11) is 0. The minimum absolute atomic E-state index is 0.0318. The molecule has 1 fully saturated rings. The smallest absolute Gasteiger partial charge is 0.294 e. The molecule has 1 atom stereocenters. The van der Waals surface area contributed by atoms with Crippen molar-refractivity contribution in [3.8, 4) is 0 Å². The number of carbonyl (C=O) groups excluding carboxylic acids is 1. The van der Waals surface area contributed by atoms with Crippen LogP contribution >= 0.6 is 22.9 Å². The Bertz CT molecular complexity index is 1080. The Kier molecular flexibility index (Phi) is 5.82. The molecular weight excluding hydrogens is 410 g/mol. The first kappa shape index (κ1) is 19.8. The number of fused-ring (bicyclic) bond motifs is 1. The highest BCUT2D eigenvalue weighted by Gasteiger charge is 2.33. The number of amides is 1. The third kappa shape index (κ3) is 4.00. The van der Waals surface area contributed by atoms with Crippen LogP contribution in [0, 0.1) is 0 Å². The maximum absolute atomic E-state index is 12.8. The summed E-state index contributed by atoms with van der Waals surface area (Å²) in [6, 6.07) is 9.51. The summed E-state index contributed by atoms with van der Waals surface area (Å²) >= 11 is 7.51. The predicted octanol–water partition coefficient (Wildman–Crippen LogP) is 3.04. The maximum Gasteiger partial charge on any atom is 0.294 e. The summed E-state index contributed by atoms with van der Waals surface area (Å²) in [5.74, 6) is -0.0318. The van der Waals surface area contributed by atoms with E-state index in [0.717, 1.165) is 24.8 Å². The summed E-state index contributed by atoms with van der Waals surface area (Å²) < 4.78 is 1.25. The van der Waals surface area contributed by atoms with Crippen LogP contribution in [0.4, 0.5) is 5.13 Å². The zero-order valence-corrected chi connectivity index (χ0v) is 17.7. The number of aromatic nitrogens is 3. The molecule has 4 rings (SSSR count). The lowest BCUT2D eigenvalue weighted by atomic mass is 10.2. The van der Waals surface area contributed by atoms with E-state index in [2.05, 4.69) is 15.4 Å². The minimum Gasteiger partial charge on any atom is -0.350 e. The highest BCUT2D eigenvalue weighted by Crippen LogP contribution is 2.30. The summed E-state index contributed by atoms with van der Waals surface area (Å²) in [5.41, 5.74) is 1.30. The van der Waals surface area contributed by atoms with Crippen molar-refractivity contribution in [1.82, 2.24) is 19.9 Å². The van der Waals surface area contributed by atoms with Gasteiger partial charge in [0, 0.05) is 13.1 Å². The molecule has 152 valence electrons. The fraction of sp³-hybridized carbons (Fsp3) is 0.400. The first-order valence-electron chi connectivity index (χ1n) is 9.75. The second-order valence-corrected chi connectivity index (χ2v) is 8.37. The number of carbonyl (C=O) groups is 1. The summed E-state index contributed by atoms with van der Waals surface area (Å²) in [5, 5.41) is 8.19. The molecule has 1 aromatic carbocycles. The standard InChI is InChI=1S/C20H22ClN5O2S/c1-2-7-14-16(21)18(28)26-19(23-14)29-20(24-26)25-11-6-10-15(25)17(27)22-12-13-8-4-3-5-9-13/h3-5,8-9,15H,2,6-7,10-12H2,1H3,(H,22,27). The van der Waals surface area contributed by atoms with Crippen molar-refractivity contribution in [3.05, 3.63) is 57.0 Å². The molecule has 0 aliphatic carbocycles. The zero-order valence-electron chi connectivity index (χ0n) is 16.1. The van der Waals surface area contributed by atoms with Gasteiger partial charge in [0.25, 0.3) is 5.56 Å². The van der Waals surface area contributed by atoms with Crippen LogP contribution in [0.1, 0.15) is 37.4 Å². The molecule has 0 bridgehead atoms. The topological polar surface area (TPSA) is 79.6 Å². The van der Waals surface area contributed by atoms with Gasteiger partial charge in [0.15, 0.2) is 0 Å². The Labute approximate surface area is 177 Å². The summed E-state index contributed by atoms with van der Waals surface area (Å²) in [4.78, 5) is 32.4. The predicted molar refractivity (Wildman–Crippen MR) is 115 cm³/mol. The van der Waals surface area contributed by atoms with Crippen molar-refractivity contribution < 1.29 is 4.79 Å². The van der Waals surface area contributed by atoms with Crippen molar-refractivity contribution in [2.45, 2.75) is 45.2 Å². The van der Waals surface area contributed by atoms with E-state index in [-0.39, 0.29) is 22.5 Å². The molecule has 7 nitrogen and oxygen atoms in total. The van der Waals surface area contributed by atoms with E-state index in [4.69, 9.17) is 11.6 Å². The van der Waals surface area contributed by atoms with Gasteiger partial charge in [-0.1, -0.05) is 66.6 Å². The Morgan fingerprint density at radius 2 is 2.14 bits per heavy atom. The van der Waals surface area contributed by atoms with E-state index in [9.17, 15) is 9.59 Å². The second kappa shape index (κ2) is 8.51. The van der Waals surface area contributed by atoms with Crippen molar-refractivity contribution >= 4 is 38.9 Å². The Morgan fingerprint density at radius 3 is 2.90 bits per heavy atom. The molecule has 1 N–H and O–H groups in total. The maximum atomic E-state index is 12.8. The number of hydrogen-bond donors (Lipinski definition) is 1. The van der Waals surface area contributed by atoms with Gasteiger partial charge >= 0.3 is 0 Å². The molecule has 29 heavy (non-hydrogen) atoms. The number of nitrogens with zero attached hydrogens (tertiary/aromatic N) is 4. The highest BCUT2D eigenvalue weighted by atomic mass is 35.5. The van der Waals surface area contributed by atoms with Crippen LogP contribution in [0.25, 0.3) is 4.96 Å². The summed E-state index contributed by atoms with van der Waals surface area (Å²) in [6.45, 7) is 3.22. The van der Waals surface area contributed by atoms with Gasteiger partial charge in [-0.2, -0.15) is 4.52 Å². The molecule has 2 aromatic heterocycles. The van der Waals surface area contributed by atoms with E-state index >= 15 is 0 Å². The highest BCUT2D eigenvalue weighted by molar-refractivity contribution is 7.20. The molecule has 3 heterocycles. The molecule has 0 spiro atoms. The quantitative estimate of drug-likeness (QED) is 0.648. The third-order valence-corrected chi connectivity index (χ3v) is 6.34.